The first-order valence-electron chi connectivity index (χ1n) is 13.2. The minimum absolute atomic E-state index is 0.213. The molecule has 190 valence electrons. The van der Waals surface area contributed by atoms with Crippen LogP contribution >= 0.6 is 0 Å². The number of benzene rings is 1. The van der Waals surface area contributed by atoms with Crippen LogP contribution in [0.1, 0.15) is 103 Å². The Kier molecular flexibility index (Phi) is 11.6. The molecule has 5 heteroatoms. The van der Waals surface area contributed by atoms with Crippen molar-refractivity contribution in [1.82, 2.24) is 5.32 Å². The average molecular weight is 477 g/mol. The number of alkyl halides is 3. The summed E-state index contributed by atoms with van der Waals surface area (Å²) in [5.74, 6) is 0.283. The fourth-order valence-electron chi connectivity index (χ4n) is 4.76. The number of nitrogens with zero attached hydrogens (tertiary/aromatic N) is 1. The van der Waals surface area contributed by atoms with Gasteiger partial charge in [-0.25, -0.2) is 0 Å². The zero-order valence-electron chi connectivity index (χ0n) is 21.7. The molecule has 2 atom stereocenters. The molecule has 0 amide bonds. The van der Waals surface area contributed by atoms with Crippen molar-refractivity contribution in [1.29, 1.82) is 0 Å². The molecule has 1 aromatic rings. The first-order chi connectivity index (χ1) is 16.3. The summed E-state index contributed by atoms with van der Waals surface area (Å²) in [6.45, 7) is 11.1. The number of hydrogen-bond acceptors (Lipinski definition) is 2. The molecule has 1 fully saturated rings. The molecule has 1 aromatic carbocycles. The smallest absolute Gasteiger partial charge is 0.309 e. The van der Waals surface area contributed by atoms with Gasteiger partial charge in [0.05, 0.1) is 11.3 Å². The van der Waals surface area contributed by atoms with E-state index in [-0.39, 0.29) is 12.0 Å². The summed E-state index contributed by atoms with van der Waals surface area (Å²) in [6.07, 6.45) is 8.31. The van der Waals surface area contributed by atoms with E-state index in [9.17, 15) is 13.2 Å². The lowest BCUT2D eigenvalue weighted by atomic mass is 9.92. The maximum atomic E-state index is 14.0. The van der Waals surface area contributed by atoms with Crippen LogP contribution in [0, 0.1) is 5.92 Å². The fraction of sp³-hybridized carbons (Fsp3) is 0.621. The summed E-state index contributed by atoms with van der Waals surface area (Å²) in [7, 11) is 0. The normalized spacial score (nSPS) is 20.5. The van der Waals surface area contributed by atoms with Crippen molar-refractivity contribution in [2.24, 2.45) is 10.9 Å². The molecule has 1 aliphatic carbocycles. The molecule has 1 saturated heterocycles. The van der Waals surface area contributed by atoms with Gasteiger partial charge < -0.3 is 5.32 Å². The van der Waals surface area contributed by atoms with Crippen LogP contribution in [-0.4, -0.2) is 18.3 Å². The standard InChI is InChI=1S/C27H37F3N2.C2H6/c1-4-19(3)26(25-12-9-17-31-25)32-24(5-2)22-16-15-21(23(18-22)27(28,29)30)14-13-20-10-7-6-8-11-20;1-2/h5,10,15-16,18-19,25,31H,4,6-9,11-14,17H2,1-3H3;1-2H3/b24-5-,32-26?;. The number of halogens is 3. The fourth-order valence-corrected chi connectivity index (χ4v) is 4.76. The predicted molar refractivity (Wildman–Crippen MR) is 139 cm³/mol. The molecule has 1 aliphatic heterocycles. The highest BCUT2D eigenvalue weighted by Crippen LogP contribution is 2.36. The highest BCUT2D eigenvalue weighted by Gasteiger charge is 2.34. The Balaban J connectivity index is 0.00000199. The van der Waals surface area contributed by atoms with E-state index in [4.69, 9.17) is 4.99 Å². The summed E-state index contributed by atoms with van der Waals surface area (Å²) < 4.78 is 41.9. The van der Waals surface area contributed by atoms with Gasteiger partial charge in [0.2, 0.25) is 0 Å². The van der Waals surface area contributed by atoms with Gasteiger partial charge in [0, 0.05) is 17.3 Å². The minimum Gasteiger partial charge on any atom is -0.309 e. The van der Waals surface area contributed by atoms with Crippen molar-refractivity contribution in [3.8, 4) is 0 Å². The van der Waals surface area contributed by atoms with Crippen molar-refractivity contribution >= 4 is 11.4 Å². The molecule has 2 unspecified atom stereocenters. The lowest BCUT2D eigenvalue weighted by Crippen LogP contribution is -2.34. The molecule has 34 heavy (non-hydrogen) atoms. The van der Waals surface area contributed by atoms with E-state index < -0.39 is 11.7 Å². The Bertz CT molecular complexity index is 859. The maximum Gasteiger partial charge on any atom is 0.416 e. The molecule has 0 aromatic heterocycles. The summed E-state index contributed by atoms with van der Waals surface area (Å²) in [5, 5.41) is 3.50. The molecule has 1 N–H and O–H groups in total. The third-order valence-electron chi connectivity index (χ3n) is 6.87. The van der Waals surface area contributed by atoms with Crippen molar-refractivity contribution in [2.45, 2.75) is 105 Å². The van der Waals surface area contributed by atoms with Crippen molar-refractivity contribution < 1.29 is 13.2 Å². The Morgan fingerprint density at radius 3 is 2.50 bits per heavy atom. The van der Waals surface area contributed by atoms with Crippen molar-refractivity contribution in [2.75, 3.05) is 6.54 Å². The Labute approximate surface area is 204 Å². The second kappa shape index (κ2) is 13.9. The van der Waals surface area contributed by atoms with Gasteiger partial charge >= 0.3 is 6.18 Å². The van der Waals surface area contributed by atoms with E-state index in [0.29, 0.717) is 29.7 Å². The van der Waals surface area contributed by atoms with E-state index >= 15 is 0 Å². The Hall–Kier alpha value is -1.88. The quantitative estimate of drug-likeness (QED) is 0.294. The van der Waals surface area contributed by atoms with Crippen LogP contribution in [0.5, 0.6) is 0 Å². The van der Waals surface area contributed by atoms with Crippen LogP contribution in [-0.2, 0) is 12.6 Å². The molecule has 0 bridgehead atoms. The van der Waals surface area contributed by atoms with Crippen molar-refractivity contribution in [3.05, 3.63) is 52.6 Å². The van der Waals surface area contributed by atoms with E-state index in [0.717, 1.165) is 50.8 Å². The topological polar surface area (TPSA) is 24.4 Å². The number of aryl methyl sites for hydroxylation is 1. The maximum absolute atomic E-state index is 14.0. The Morgan fingerprint density at radius 1 is 1.18 bits per heavy atom. The number of aliphatic imine (C=N–C) groups is 1. The van der Waals surface area contributed by atoms with E-state index in [2.05, 4.69) is 25.2 Å². The van der Waals surface area contributed by atoms with Crippen LogP contribution < -0.4 is 5.32 Å². The summed E-state index contributed by atoms with van der Waals surface area (Å²) >= 11 is 0. The summed E-state index contributed by atoms with van der Waals surface area (Å²) in [6, 6.07) is 5.00. The molecule has 3 rings (SSSR count). The second-order valence-corrected chi connectivity index (χ2v) is 9.15. The van der Waals surface area contributed by atoms with Gasteiger partial charge in [0.1, 0.15) is 0 Å². The largest absolute Gasteiger partial charge is 0.416 e. The molecule has 0 saturated carbocycles. The SMILES string of the molecule is C/C=C(\N=C(C(C)CC)C1CCCN1)c1ccc(CCC2=CCCCC2)c(C(F)(F)F)c1.CC. The lowest BCUT2D eigenvalue weighted by Gasteiger charge is -2.21. The lowest BCUT2D eigenvalue weighted by molar-refractivity contribution is -0.138. The predicted octanol–water partition coefficient (Wildman–Crippen LogP) is 8.76. The van der Waals surface area contributed by atoms with Gasteiger partial charge in [-0.3, -0.25) is 4.99 Å². The van der Waals surface area contributed by atoms with E-state index in [1.54, 1.807) is 6.07 Å². The zero-order chi connectivity index (χ0) is 25.1. The molecule has 2 nitrogen and oxygen atoms in total. The molecule has 0 radical (unpaired) electrons. The highest BCUT2D eigenvalue weighted by molar-refractivity contribution is 5.95. The number of allylic oxidation sites excluding steroid dienone is 3. The zero-order valence-corrected chi connectivity index (χ0v) is 21.7. The van der Waals surface area contributed by atoms with Crippen LogP contribution in [0.4, 0.5) is 13.2 Å². The summed E-state index contributed by atoms with van der Waals surface area (Å²) in [4.78, 5) is 4.93. The Morgan fingerprint density at radius 2 is 1.94 bits per heavy atom. The van der Waals surface area contributed by atoms with Crippen LogP contribution in [0.2, 0.25) is 0 Å². The van der Waals surface area contributed by atoms with Crippen molar-refractivity contribution in [3.63, 3.8) is 0 Å². The van der Waals surface area contributed by atoms with E-state index in [1.165, 1.54) is 18.1 Å². The molecule has 2 aliphatic rings. The van der Waals surface area contributed by atoms with E-state index in [1.807, 2.05) is 32.9 Å². The van der Waals surface area contributed by atoms with Gasteiger partial charge in [-0.05, 0) is 88.8 Å². The van der Waals surface area contributed by atoms with Gasteiger partial charge in [0.15, 0.2) is 0 Å². The molecule has 1 heterocycles. The highest BCUT2D eigenvalue weighted by atomic mass is 19.4. The van der Waals surface area contributed by atoms with Gasteiger partial charge in [0.25, 0.3) is 0 Å². The van der Waals surface area contributed by atoms with Crippen LogP contribution in [0.25, 0.3) is 5.70 Å². The first kappa shape index (κ1) is 28.4. The number of hydrogen-bond donors (Lipinski definition) is 1. The second-order valence-electron chi connectivity index (χ2n) is 9.15. The first-order valence-corrected chi connectivity index (χ1v) is 13.2. The molecular weight excluding hydrogens is 433 g/mol. The van der Waals surface area contributed by atoms with Gasteiger partial charge in [-0.1, -0.05) is 57.6 Å². The third kappa shape index (κ3) is 7.83. The number of nitrogens with one attached hydrogen (secondary N) is 1. The number of rotatable bonds is 8. The molecular formula is C29H43F3N2. The van der Waals surface area contributed by atoms with Crippen LogP contribution in [0.15, 0.2) is 40.9 Å². The molecule has 0 spiro atoms. The third-order valence-corrected chi connectivity index (χ3v) is 6.87. The van der Waals surface area contributed by atoms with Gasteiger partial charge in [-0.2, -0.15) is 13.2 Å². The minimum atomic E-state index is -4.37. The van der Waals surface area contributed by atoms with Gasteiger partial charge in [-0.15, -0.1) is 0 Å². The average Bonchev–Trinajstić information content (AvgIpc) is 3.39. The van der Waals surface area contributed by atoms with Crippen LogP contribution in [0.3, 0.4) is 0 Å². The summed E-state index contributed by atoms with van der Waals surface area (Å²) in [5.41, 5.74) is 3.38. The monoisotopic (exact) mass is 476 g/mol.